The minimum absolute atomic E-state index is 0.686. The van der Waals surface area contributed by atoms with E-state index in [9.17, 15) is 0 Å². The van der Waals surface area contributed by atoms with E-state index in [1.165, 1.54) is 4.70 Å². The number of para-hydroxylation sites is 1. The standard InChI is InChI=1S/C11H7Br2N3S/c12-9-5-10(13)16(15-9)6-11-14-7-3-1-2-4-8(7)17-11/h1-5H,6H2. The third-order valence-corrected chi connectivity index (χ3v) is 4.37. The Bertz CT molecular complexity index is 641. The molecule has 0 amide bonds. The topological polar surface area (TPSA) is 30.7 Å². The van der Waals surface area contributed by atoms with Crippen molar-refractivity contribution in [2.75, 3.05) is 0 Å². The van der Waals surface area contributed by atoms with E-state index in [2.05, 4.69) is 48.0 Å². The van der Waals surface area contributed by atoms with Crippen LogP contribution in [0.3, 0.4) is 0 Å². The van der Waals surface area contributed by atoms with E-state index in [-0.39, 0.29) is 0 Å². The summed E-state index contributed by atoms with van der Waals surface area (Å²) in [5, 5.41) is 5.39. The maximum Gasteiger partial charge on any atom is 0.129 e. The number of hydrogen-bond acceptors (Lipinski definition) is 3. The van der Waals surface area contributed by atoms with Crippen molar-refractivity contribution < 1.29 is 0 Å². The van der Waals surface area contributed by atoms with Crippen LogP contribution in [0.5, 0.6) is 0 Å². The van der Waals surface area contributed by atoms with Crippen LogP contribution in [0.4, 0.5) is 0 Å². The van der Waals surface area contributed by atoms with Crippen molar-refractivity contribution >= 4 is 53.4 Å². The fourth-order valence-electron chi connectivity index (χ4n) is 1.59. The number of halogens is 2. The smallest absolute Gasteiger partial charge is 0.129 e. The van der Waals surface area contributed by atoms with Gasteiger partial charge in [0.2, 0.25) is 0 Å². The van der Waals surface area contributed by atoms with Crippen molar-refractivity contribution in [2.45, 2.75) is 6.54 Å². The van der Waals surface area contributed by atoms with E-state index in [4.69, 9.17) is 0 Å². The van der Waals surface area contributed by atoms with E-state index in [1.54, 1.807) is 11.3 Å². The van der Waals surface area contributed by atoms with E-state index in [1.807, 2.05) is 28.9 Å². The van der Waals surface area contributed by atoms with Gasteiger partial charge in [0.05, 0.1) is 16.8 Å². The van der Waals surface area contributed by atoms with Crippen molar-refractivity contribution in [3.63, 3.8) is 0 Å². The quantitative estimate of drug-likeness (QED) is 0.678. The molecule has 0 aliphatic carbocycles. The molecule has 0 fully saturated rings. The number of hydrogen-bond donors (Lipinski definition) is 0. The van der Waals surface area contributed by atoms with Crippen LogP contribution >= 0.6 is 43.2 Å². The number of rotatable bonds is 2. The molecule has 0 radical (unpaired) electrons. The van der Waals surface area contributed by atoms with E-state index in [0.29, 0.717) is 6.54 Å². The van der Waals surface area contributed by atoms with Gasteiger partial charge < -0.3 is 0 Å². The summed E-state index contributed by atoms with van der Waals surface area (Å²) in [5.41, 5.74) is 1.05. The third-order valence-electron chi connectivity index (χ3n) is 2.32. The first kappa shape index (κ1) is 11.4. The molecule has 2 heterocycles. The minimum Gasteiger partial charge on any atom is -0.250 e. The predicted octanol–water partition coefficient (Wildman–Crippen LogP) is 4.07. The van der Waals surface area contributed by atoms with Crippen molar-refractivity contribution in [3.8, 4) is 0 Å². The van der Waals surface area contributed by atoms with E-state index in [0.717, 1.165) is 19.7 Å². The predicted molar refractivity (Wildman–Crippen MR) is 76.3 cm³/mol. The maximum absolute atomic E-state index is 4.58. The van der Waals surface area contributed by atoms with Gasteiger partial charge in [-0.3, -0.25) is 4.68 Å². The first-order valence-corrected chi connectivity index (χ1v) is 7.36. The minimum atomic E-state index is 0.686. The van der Waals surface area contributed by atoms with Crippen LogP contribution in [0, 0.1) is 0 Å². The molecule has 6 heteroatoms. The summed E-state index contributed by atoms with van der Waals surface area (Å²) in [6.45, 7) is 0.686. The van der Waals surface area contributed by atoms with Crippen LogP contribution < -0.4 is 0 Å². The largest absolute Gasteiger partial charge is 0.250 e. The summed E-state index contributed by atoms with van der Waals surface area (Å²) in [7, 11) is 0. The lowest BCUT2D eigenvalue weighted by Crippen LogP contribution is -2.01. The molecule has 3 nitrogen and oxygen atoms in total. The van der Waals surface area contributed by atoms with Gasteiger partial charge in [-0.2, -0.15) is 5.10 Å². The molecule has 0 unspecified atom stereocenters. The number of fused-ring (bicyclic) bond motifs is 1. The fourth-order valence-corrected chi connectivity index (χ4v) is 3.68. The Hall–Kier alpha value is -0.720. The zero-order valence-corrected chi connectivity index (χ0v) is 12.6. The van der Waals surface area contributed by atoms with Gasteiger partial charge in [0, 0.05) is 6.07 Å². The van der Waals surface area contributed by atoms with Gasteiger partial charge in [-0.25, -0.2) is 4.98 Å². The SMILES string of the molecule is Brc1cc(Br)n(Cc2nc3ccccc3s2)n1. The summed E-state index contributed by atoms with van der Waals surface area (Å²) in [4.78, 5) is 4.58. The average molecular weight is 373 g/mol. The zero-order chi connectivity index (χ0) is 11.8. The Morgan fingerprint density at radius 2 is 2.06 bits per heavy atom. The van der Waals surface area contributed by atoms with Gasteiger partial charge in [-0.15, -0.1) is 11.3 Å². The molecule has 0 aliphatic rings. The van der Waals surface area contributed by atoms with E-state index < -0.39 is 0 Å². The van der Waals surface area contributed by atoms with Crippen molar-refractivity contribution in [1.29, 1.82) is 0 Å². The summed E-state index contributed by atoms with van der Waals surface area (Å²) in [6, 6.07) is 10.1. The Labute approximate surface area is 119 Å². The lowest BCUT2D eigenvalue weighted by molar-refractivity contribution is 0.665. The molecule has 0 atom stereocenters. The Kier molecular flexibility index (Phi) is 3.02. The van der Waals surface area contributed by atoms with Gasteiger partial charge in [0.25, 0.3) is 0 Å². The van der Waals surface area contributed by atoms with Gasteiger partial charge >= 0.3 is 0 Å². The summed E-state index contributed by atoms with van der Waals surface area (Å²) in [5.74, 6) is 0. The van der Waals surface area contributed by atoms with Gasteiger partial charge in [-0.1, -0.05) is 12.1 Å². The van der Waals surface area contributed by atoms with E-state index >= 15 is 0 Å². The third kappa shape index (κ3) is 2.29. The van der Waals surface area contributed by atoms with Crippen LogP contribution in [0.1, 0.15) is 5.01 Å². The summed E-state index contributed by atoms with van der Waals surface area (Å²) < 4.78 is 4.86. The maximum atomic E-state index is 4.58. The number of aromatic nitrogens is 3. The number of nitrogens with zero attached hydrogens (tertiary/aromatic N) is 3. The van der Waals surface area contributed by atoms with Crippen LogP contribution in [0.15, 0.2) is 39.5 Å². The molecule has 0 aliphatic heterocycles. The summed E-state index contributed by atoms with van der Waals surface area (Å²) in [6.07, 6.45) is 0. The molecule has 1 aromatic carbocycles. The molecular weight excluding hydrogens is 366 g/mol. The van der Waals surface area contributed by atoms with Crippen LogP contribution in [-0.4, -0.2) is 14.8 Å². The number of benzene rings is 1. The van der Waals surface area contributed by atoms with Gasteiger partial charge in [-0.05, 0) is 44.0 Å². The summed E-state index contributed by atoms with van der Waals surface area (Å²) >= 11 is 8.52. The van der Waals surface area contributed by atoms with Crippen molar-refractivity contribution in [2.24, 2.45) is 0 Å². The second kappa shape index (κ2) is 4.51. The average Bonchev–Trinajstić information content (AvgIpc) is 2.82. The molecule has 0 N–H and O–H groups in total. The molecule has 3 aromatic rings. The second-order valence-corrected chi connectivity index (χ2v) is 6.26. The lowest BCUT2D eigenvalue weighted by atomic mass is 10.3. The number of thiazole rings is 1. The highest BCUT2D eigenvalue weighted by atomic mass is 79.9. The van der Waals surface area contributed by atoms with Crippen LogP contribution in [-0.2, 0) is 6.54 Å². The second-order valence-electron chi connectivity index (χ2n) is 3.52. The molecule has 0 saturated carbocycles. The first-order chi connectivity index (χ1) is 8.22. The fraction of sp³-hybridized carbons (Fsp3) is 0.0909. The molecule has 3 rings (SSSR count). The van der Waals surface area contributed by atoms with Crippen molar-refractivity contribution in [1.82, 2.24) is 14.8 Å². The molecule has 0 saturated heterocycles. The normalized spacial score (nSPS) is 11.2. The lowest BCUT2D eigenvalue weighted by Gasteiger charge is -1.98. The van der Waals surface area contributed by atoms with Crippen molar-refractivity contribution in [3.05, 3.63) is 44.5 Å². The highest BCUT2D eigenvalue weighted by Crippen LogP contribution is 2.24. The Balaban J connectivity index is 1.97. The molecule has 86 valence electrons. The van der Waals surface area contributed by atoms with Gasteiger partial charge in [0.15, 0.2) is 0 Å². The zero-order valence-electron chi connectivity index (χ0n) is 8.60. The van der Waals surface area contributed by atoms with Crippen LogP contribution in [0.25, 0.3) is 10.2 Å². The highest BCUT2D eigenvalue weighted by molar-refractivity contribution is 9.11. The Morgan fingerprint density at radius 3 is 2.76 bits per heavy atom. The van der Waals surface area contributed by atoms with Gasteiger partial charge in [0.1, 0.15) is 14.2 Å². The monoisotopic (exact) mass is 371 g/mol. The first-order valence-electron chi connectivity index (χ1n) is 4.96. The molecule has 2 aromatic heterocycles. The highest BCUT2D eigenvalue weighted by Gasteiger charge is 2.07. The molecule has 0 spiro atoms. The molecule has 0 bridgehead atoms. The molecular formula is C11H7Br2N3S. The molecule has 17 heavy (non-hydrogen) atoms. The Morgan fingerprint density at radius 1 is 1.24 bits per heavy atom. The van der Waals surface area contributed by atoms with Crippen LogP contribution in [0.2, 0.25) is 0 Å².